The van der Waals surface area contributed by atoms with Crippen LogP contribution in [0, 0.1) is 12.8 Å². The van der Waals surface area contributed by atoms with Crippen molar-refractivity contribution in [1.82, 2.24) is 9.21 Å². The Bertz CT molecular complexity index is 947. The molecule has 3 rings (SSSR count). The second-order valence-corrected chi connectivity index (χ2v) is 10.3. The van der Waals surface area contributed by atoms with E-state index >= 15 is 0 Å². The molecule has 2 heterocycles. The van der Waals surface area contributed by atoms with Crippen LogP contribution in [0.3, 0.4) is 0 Å². The Labute approximate surface area is 185 Å². The van der Waals surface area contributed by atoms with E-state index in [1.54, 1.807) is 24.9 Å². The maximum Gasteiger partial charge on any atom is 0.265 e. The number of ether oxygens (including phenoxy) is 1. The second-order valence-electron chi connectivity index (χ2n) is 8.43. The van der Waals surface area contributed by atoms with E-state index < -0.39 is 16.1 Å². The number of unbranched alkanes of at least 4 members (excludes halogenated alkanes) is 1. The van der Waals surface area contributed by atoms with Gasteiger partial charge in [-0.25, -0.2) is 8.42 Å². The third-order valence-corrected chi connectivity index (χ3v) is 8.05. The Balaban J connectivity index is 1.83. The van der Waals surface area contributed by atoms with E-state index in [0.717, 1.165) is 12.8 Å². The quantitative estimate of drug-likeness (QED) is 0.688. The third-order valence-electron chi connectivity index (χ3n) is 6.04. The Morgan fingerprint density at radius 1 is 1.32 bits per heavy atom. The fourth-order valence-electron chi connectivity index (χ4n) is 4.15. The number of sulfonamides is 1. The van der Waals surface area contributed by atoms with Gasteiger partial charge in [-0.2, -0.15) is 4.31 Å². The molecule has 8 nitrogen and oxygen atoms in total. The molecule has 1 aromatic rings. The van der Waals surface area contributed by atoms with E-state index in [9.17, 15) is 18.0 Å². The minimum atomic E-state index is -3.80. The SMILES string of the molecule is CCCCN(C)C(=O)C1CCCN(S(=O)(=O)c2cc3c(cc2C)NC(=O)C(CC)O3)C1. The van der Waals surface area contributed by atoms with Gasteiger partial charge in [0, 0.05) is 32.7 Å². The highest BCUT2D eigenvalue weighted by Gasteiger charge is 2.36. The molecule has 9 heteroatoms. The molecule has 2 aliphatic heterocycles. The molecule has 0 aromatic heterocycles. The molecule has 1 fully saturated rings. The lowest BCUT2D eigenvalue weighted by atomic mass is 9.98. The van der Waals surface area contributed by atoms with E-state index in [2.05, 4.69) is 12.2 Å². The molecule has 1 N–H and O–H groups in total. The summed E-state index contributed by atoms with van der Waals surface area (Å²) < 4.78 is 34.1. The van der Waals surface area contributed by atoms with Crippen LogP contribution in [-0.2, 0) is 19.6 Å². The largest absolute Gasteiger partial charge is 0.478 e. The van der Waals surface area contributed by atoms with Crippen LogP contribution in [0.1, 0.15) is 51.5 Å². The molecule has 0 aliphatic carbocycles. The van der Waals surface area contributed by atoms with Crippen LogP contribution in [-0.4, -0.2) is 62.2 Å². The van der Waals surface area contributed by atoms with E-state index in [4.69, 9.17) is 4.74 Å². The summed E-state index contributed by atoms with van der Waals surface area (Å²) in [6.07, 6.45) is 3.12. The summed E-state index contributed by atoms with van der Waals surface area (Å²) in [4.78, 5) is 26.7. The second kappa shape index (κ2) is 9.56. The molecule has 0 bridgehead atoms. The van der Waals surface area contributed by atoms with Crippen LogP contribution in [0.25, 0.3) is 0 Å². The van der Waals surface area contributed by atoms with Crippen LogP contribution in [0.15, 0.2) is 17.0 Å². The van der Waals surface area contributed by atoms with Crippen LogP contribution in [0.4, 0.5) is 5.69 Å². The molecule has 1 saturated heterocycles. The van der Waals surface area contributed by atoms with Crippen molar-refractivity contribution >= 4 is 27.5 Å². The first kappa shape index (κ1) is 23.5. The van der Waals surface area contributed by atoms with Crippen molar-refractivity contribution in [2.75, 3.05) is 32.0 Å². The molecular formula is C22H33N3O5S. The fourth-order valence-corrected chi connectivity index (χ4v) is 5.90. The number of rotatable bonds is 7. The van der Waals surface area contributed by atoms with Gasteiger partial charge in [-0.3, -0.25) is 9.59 Å². The standard InChI is InChI=1S/C22H33N3O5S/c1-5-7-10-24(4)22(27)16-9-8-11-25(14-16)31(28,29)20-13-19-17(12-15(20)3)23-21(26)18(6-2)30-19/h12-13,16,18H,5-11,14H2,1-4H3,(H,23,26). The lowest BCUT2D eigenvalue weighted by molar-refractivity contribution is -0.135. The predicted octanol–water partition coefficient (Wildman–Crippen LogP) is 2.76. The number of amides is 2. The number of hydrogen-bond acceptors (Lipinski definition) is 5. The number of hydrogen-bond donors (Lipinski definition) is 1. The van der Waals surface area contributed by atoms with Crippen LogP contribution in [0.2, 0.25) is 0 Å². The molecule has 0 radical (unpaired) electrons. The van der Waals surface area contributed by atoms with Crippen LogP contribution in [0.5, 0.6) is 5.75 Å². The number of anilines is 1. The van der Waals surface area contributed by atoms with E-state index in [1.807, 2.05) is 6.92 Å². The normalized spacial score (nSPS) is 21.7. The summed E-state index contributed by atoms with van der Waals surface area (Å²) in [5.41, 5.74) is 1.02. The molecule has 1 aromatic carbocycles. The highest BCUT2D eigenvalue weighted by molar-refractivity contribution is 7.89. The van der Waals surface area contributed by atoms with Crippen molar-refractivity contribution in [1.29, 1.82) is 0 Å². The molecular weight excluding hydrogens is 418 g/mol. The number of nitrogens with zero attached hydrogens (tertiary/aromatic N) is 2. The van der Waals surface area contributed by atoms with Gasteiger partial charge in [0.15, 0.2) is 6.10 Å². The van der Waals surface area contributed by atoms with Crippen molar-refractivity contribution in [3.05, 3.63) is 17.7 Å². The molecule has 31 heavy (non-hydrogen) atoms. The maximum atomic E-state index is 13.5. The first-order valence-electron chi connectivity index (χ1n) is 11.1. The van der Waals surface area contributed by atoms with Gasteiger partial charge in [0.05, 0.1) is 16.5 Å². The summed E-state index contributed by atoms with van der Waals surface area (Å²) in [7, 11) is -2.02. The van der Waals surface area contributed by atoms with Crippen molar-refractivity contribution in [2.24, 2.45) is 5.92 Å². The molecule has 2 unspecified atom stereocenters. The molecule has 2 atom stereocenters. The average Bonchev–Trinajstić information content (AvgIpc) is 2.76. The van der Waals surface area contributed by atoms with Gasteiger partial charge in [-0.05, 0) is 44.2 Å². The van der Waals surface area contributed by atoms with Gasteiger partial charge in [0.25, 0.3) is 5.91 Å². The van der Waals surface area contributed by atoms with Gasteiger partial charge in [-0.15, -0.1) is 0 Å². The van der Waals surface area contributed by atoms with Gasteiger partial charge < -0.3 is 15.0 Å². The van der Waals surface area contributed by atoms with Gasteiger partial charge in [0.1, 0.15) is 5.75 Å². The number of piperidine rings is 1. The highest BCUT2D eigenvalue weighted by Crippen LogP contribution is 2.36. The minimum absolute atomic E-state index is 0.00680. The Hall–Kier alpha value is -2.13. The van der Waals surface area contributed by atoms with Crippen molar-refractivity contribution in [3.63, 3.8) is 0 Å². The van der Waals surface area contributed by atoms with Gasteiger partial charge in [0.2, 0.25) is 15.9 Å². The molecule has 0 spiro atoms. The number of benzene rings is 1. The van der Waals surface area contributed by atoms with Crippen LogP contribution >= 0.6 is 0 Å². The molecule has 172 valence electrons. The lowest BCUT2D eigenvalue weighted by Crippen LogP contribution is -2.46. The Kier molecular flexibility index (Phi) is 7.26. The zero-order valence-corrected chi connectivity index (χ0v) is 19.6. The van der Waals surface area contributed by atoms with E-state index in [0.29, 0.717) is 49.4 Å². The summed E-state index contributed by atoms with van der Waals surface area (Å²) >= 11 is 0. The topological polar surface area (TPSA) is 96.0 Å². The molecule has 2 aliphatic rings. The summed E-state index contributed by atoms with van der Waals surface area (Å²) in [5, 5.41) is 2.79. The monoisotopic (exact) mass is 451 g/mol. The van der Waals surface area contributed by atoms with E-state index in [-0.39, 0.29) is 29.2 Å². The summed E-state index contributed by atoms with van der Waals surface area (Å²) in [6.45, 7) is 6.87. The number of carbonyl (C=O) groups excluding carboxylic acids is 2. The summed E-state index contributed by atoms with van der Waals surface area (Å²) in [5.74, 6) is -0.190. The third kappa shape index (κ3) is 4.87. The predicted molar refractivity (Wildman–Crippen MR) is 119 cm³/mol. The minimum Gasteiger partial charge on any atom is -0.478 e. The first-order valence-corrected chi connectivity index (χ1v) is 12.5. The number of aryl methyl sites for hydroxylation is 1. The fraction of sp³-hybridized carbons (Fsp3) is 0.636. The number of nitrogens with one attached hydrogen (secondary N) is 1. The molecule has 2 amide bonds. The van der Waals surface area contributed by atoms with Gasteiger partial charge >= 0.3 is 0 Å². The maximum absolute atomic E-state index is 13.5. The van der Waals surface area contributed by atoms with Crippen molar-refractivity contribution in [3.8, 4) is 5.75 Å². The lowest BCUT2D eigenvalue weighted by Gasteiger charge is -2.34. The van der Waals surface area contributed by atoms with Crippen molar-refractivity contribution < 1.29 is 22.7 Å². The zero-order valence-electron chi connectivity index (χ0n) is 18.8. The average molecular weight is 452 g/mol. The van der Waals surface area contributed by atoms with Crippen molar-refractivity contribution in [2.45, 2.75) is 63.9 Å². The smallest absolute Gasteiger partial charge is 0.265 e. The Morgan fingerprint density at radius 2 is 2.06 bits per heavy atom. The first-order chi connectivity index (χ1) is 14.7. The zero-order chi connectivity index (χ0) is 22.8. The molecule has 0 saturated carbocycles. The Morgan fingerprint density at radius 3 is 2.74 bits per heavy atom. The van der Waals surface area contributed by atoms with Gasteiger partial charge in [-0.1, -0.05) is 20.3 Å². The summed E-state index contributed by atoms with van der Waals surface area (Å²) in [6, 6.07) is 3.14. The van der Waals surface area contributed by atoms with E-state index in [1.165, 1.54) is 10.4 Å². The van der Waals surface area contributed by atoms with Crippen LogP contribution < -0.4 is 10.1 Å². The number of fused-ring (bicyclic) bond motifs is 1. The number of carbonyl (C=O) groups is 2. The highest BCUT2D eigenvalue weighted by atomic mass is 32.2.